The number of halogens is 1. The van der Waals surface area contributed by atoms with Crippen molar-refractivity contribution in [1.82, 2.24) is 9.97 Å². The first-order valence-electron chi connectivity index (χ1n) is 5.95. The normalized spacial score (nSPS) is 11.3. The summed E-state index contributed by atoms with van der Waals surface area (Å²) in [5.41, 5.74) is 1.73. The predicted octanol–water partition coefficient (Wildman–Crippen LogP) is 3.07. The van der Waals surface area contributed by atoms with Crippen molar-refractivity contribution in [3.63, 3.8) is 0 Å². The third-order valence-electron chi connectivity index (χ3n) is 2.61. The molecule has 0 radical (unpaired) electrons. The van der Waals surface area contributed by atoms with Crippen LogP contribution in [0, 0.1) is 6.92 Å². The van der Waals surface area contributed by atoms with Crippen LogP contribution in [-0.4, -0.2) is 18.4 Å². The van der Waals surface area contributed by atoms with Crippen molar-refractivity contribution in [3.8, 4) is 11.6 Å². The quantitative estimate of drug-likeness (QED) is 0.811. The Balaban J connectivity index is 2.27. The molecule has 7 heteroatoms. The second kappa shape index (κ2) is 5.76. The van der Waals surface area contributed by atoms with Gasteiger partial charge in [0.15, 0.2) is 5.75 Å². The van der Waals surface area contributed by atoms with Gasteiger partial charge in [-0.25, -0.2) is 13.4 Å². The molecular weight excluding hydrogens is 300 g/mol. The summed E-state index contributed by atoms with van der Waals surface area (Å²) >= 11 is 0. The predicted molar refractivity (Wildman–Crippen MR) is 75.7 cm³/mol. The smallest absolute Gasteiger partial charge is 0.262 e. The van der Waals surface area contributed by atoms with Crippen molar-refractivity contribution < 1.29 is 13.2 Å². The largest absolute Gasteiger partial charge is 0.437 e. The van der Waals surface area contributed by atoms with Crippen LogP contribution >= 0.6 is 10.7 Å². The Bertz CT molecular complexity index is 715. The van der Waals surface area contributed by atoms with Crippen molar-refractivity contribution >= 4 is 19.7 Å². The van der Waals surface area contributed by atoms with Gasteiger partial charge in [-0.3, -0.25) is 4.98 Å². The van der Waals surface area contributed by atoms with E-state index in [1.807, 2.05) is 26.0 Å². The fourth-order valence-corrected chi connectivity index (χ4v) is 2.31. The fraction of sp³-hybridized carbons (Fsp3) is 0.231. The fourth-order valence-electron chi connectivity index (χ4n) is 1.63. The second-order valence-corrected chi connectivity index (χ2v) is 6.69. The SMILES string of the molecule is CCc1nc(C)ccc1Oc1ccc(S(=O)(=O)Cl)cn1. The van der Waals surface area contributed by atoms with Crippen LogP contribution in [-0.2, 0) is 15.5 Å². The highest BCUT2D eigenvalue weighted by Gasteiger charge is 2.11. The topological polar surface area (TPSA) is 69.2 Å². The molecule has 0 spiro atoms. The van der Waals surface area contributed by atoms with Crippen molar-refractivity contribution in [2.45, 2.75) is 25.2 Å². The average Bonchev–Trinajstić information content (AvgIpc) is 2.40. The van der Waals surface area contributed by atoms with E-state index in [9.17, 15) is 8.42 Å². The van der Waals surface area contributed by atoms with Crippen molar-refractivity contribution in [1.29, 1.82) is 0 Å². The first-order valence-corrected chi connectivity index (χ1v) is 8.26. The number of hydrogen-bond donors (Lipinski definition) is 0. The molecule has 2 aromatic rings. The molecule has 20 heavy (non-hydrogen) atoms. The van der Waals surface area contributed by atoms with E-state index in [1.54, 1.807) is 0 Å². The van der Waals surface area contributed by atoms with Gasteiger partial charge in [0.05, 0.1) is 11.9 Å². The zero-order valence-corrected chi connectivity index (χ0v) is 12.6. The van der Waals surface area contributed by atoms with Gasteiger partial charge in [0.2, 0.25) is 5.88 Å². The lowest BCUT2D eigenvalue weighted by Crippen LogP contribution is -1.98. The summed E-state index contributed by atoms with van der Waals surface area (Å²) in [6.07, 6.45) is 1.88. The molecule has 0 fully saturated rings. The molecule has 0 aliphatic heterocycles. The van der Waals surface area contributed by atoms with Crippen LogP contribution in [0.5, 0.6) is 11.6 Å². The Labute approximate surface area is 122 Å². The number of nitrogens with zero attached hydrogens (tertiary/aromatic N) is 2. The molecule has 5 nitrogen and oxygen atoms in total. The molecule has 0 aromatic carbocycles. The van der Waals surface area contributed by atoms with Gasteiger partial charge < -0.3 is 4.74 Å². The van der Waals surface area contributed by atoms with E-state index in [1.165, 1.54) is 12.1 Å². The number of pyridine rings is 2. The lowest BCUT2D eigenvalue weighted by Gasteiger charge is -2.09. The average molecular weight is 313 g/mol. The van der Waals surface area contributed by atoms with Crippen LogP contribution in [0.3, 0.4) is 0 Å². The van der Waals surface area contributed by atoms with Crippen LogP contribution in [0.4, 0.5) is 0 Å². The molecule has 0 saturated heterocycles. The lowest BCUT2D eigenvalue weighted by atomic mass is 10.2. The van der Waals surface area contributed by atoms with Crippen molar-refractivity contribution in [3.05, 3.63) is 41.9 Å². The molecule has 0 aliphatic rings. The van der Waals surface area contributed by atoms with E-state index in [-0.39, 0.29) is 10.8 Å². The lowest BCUT2D eigenvalue weighted by molar-refractivity contribution is 0.453. The monoisotopic (exact) mass is 312 g/mol. The number of ether oxygens (including phenoxy) is 1. The summed E-state index contributed by atoms with van der Waals surface area (Å²) in [6.45, 7) is 3.88. The van der Waals surface area contributed by atoms with Gasteiger partial charge in [0.25, 0.3) is 9.05 Å². The highest BCUT2D eigenvalue weighted by atomic mass is 35.7. The maximum absolute atomic E-state index is 11.1. The molecule has 106 valence electrons. The minimum atomic E-state index is -3.77. The molecule has 0 saturated carbocycles. The summed E-state index contributed by atoms with van der Waals surface area (Å²) in [7, 11) is 1.45. The summed E-state index contributed by atoms with van der Waals surface area (Å²) in [4.78, 5) is 8.23. The van der Waals surface area contributed by atoms with E-state index in [2.05, 4.69) is 9.97 Å². The summed E-state index contributed by atoms with van der Waals surface area (Å²) in [5, 5.41) is 0. The van der Waals surface area contributed by atoms with Crippen LogP contribution < -0.4 is 4.74 Å². The van der Waals surface area contributed by atoms with Gasteiger partial charge in [0.1, 0.15) is 4.90 Å². The number of rotatable bonds is 4. The minimum Gasteiger partial charge on any atom is -0.437 e. The standard InChI is InChI=1S/C13H13ClN2O3S/c1-3-11-12(6-4-9(2)16-11)19-13-7-5-10(8-15-13)20(14,17)18/h4-8H,3H2,1-2H3. The molecule has 0 amide bonds. The van der Waals surface area contributed by atoms with Crippen LogP contribution in [0.2, 0.25) is 0 Å². The van der Waals surface area contributed by atoms with Gasteiger partial charge in [-0.2, -0.15) is 0 Å². The third kappa shape index (κ3) is 3.46. The Morgan fingerprint density at radius 3 is 2.55 bits per heavy atom. The number of aromatic nitrogens is 2. The van der Waals surface area contributed by atoms with E-state index in [4.69, 9.17) is 15.4 Å². The Hall–Kier alpha value is -1.66. The van der Waals surface area contributed by atoms with Crippen LogP contribution in [0.15, 0.2) is 35.4 Å². The Morgan fingerprint density at radius 2 is 2.00 bits per heavy atom. The van der Waals surface area contributed by atoms with E-state index < -0.39 is 9.05 Å². The van der Waals surface area contributed by atoms with E-state index in [0.717, 1.165) is 24.0 Å². The third-order valence-corrected chi connectivity index (χ3v) is 3.95. The minimum absolute atomic E-state index is 0.0655. The van der Waals surface area contributed by atoms with Gasteiger partial charge in [-0.1, -0.05) is 6.92 Å². The first-order chi connectivity index (χ1) is 9.40. The molecule has 0 aliphatic carbocycles. The Kier molecular flexibility index (Phi) is 4.25. The molecule has 2 heterocycles. The second-order valence-electron chi connectivity index (χ2n) is 4.12. The molecule has 0 N–H and O–H groups in total. The molecular formula is C13H13ClN2O3S. The van der Waals surface area contributed by atoms with Crippen LogP contribution in [0.1, 0.15) is 18.3 Å². The first kappa shape index (κ1) is 14.7. The maximum atomic E-state index is 11.1. The highest BCUT2D eigenvalue weighted by Crippen LogP contribution is 2.24. The van der Waals surface area contributed by atoms with E-state index >= 15 is 0 Å². The molecule has 0 unspecified atom stereocenters. The van der Waals surface area contributed by atoms with Gasteiger partial charge in [-0.05, 0) is 31.5 Å². The highest BCUT2D eigenvalue weighted by molar-refractivity contribution is 8.13. The number of hydrogen-bond acceptors (Lipinski definition) is 5. The summed E-state index contributed by atoms with van der Waals surface area (Å²) in [5.74, 6) is 0.890. The van der Waals surface area contributed by atoms with Crippen LogP contribution in [0.25, 0.3) is 0 Å². The maximum Gasteiger partial charge on any atom is 0.262 e. The Morgan fingerprint density at radius 1 is 1.25 bits per heavy atom. The molecule has 2 rings (SSSR count). The van der Waals surface area contributed by atoms with Crippen molar-refractivity contribution in [2.24, 2.45) is 0 Å². The van der Waals surface area contributed by atoms with Crippen molar-refractivity contribution in [2.75, 3.05) is 0 Å². The zero-order valence-electron chi connectivity index (χ0n) is 11.0. The zero-order chi connectivity index (χ0) is 14.8. The molecule has 0 atom stereocenters. The molecule has 0 bridgehead atoms. The summed E-state index contributed by atoms with van der Waals surface area (Å²) in [6, 6.07) is 6.45. The molecule has 2 aromatic heterocycles. The van der Waals surface area contributed by atoms with E-state index in [0.29, 0.717) is 5.75 Å². The van der Waals surface area contributed by atoms with Gasteiger partial charge in [0, 0.05) is 22.4 Å². The summed E-state index contributed by atoms with van der Waals surface area (Å²) < 4.78 is 27.8. The van der Waals surface area contributed by atoms with Gasteiger partial charge in [-0.15, -0.1) is 0 Å². The number of aryl methyl sites for hydroxylation is 2. The van der Waals surface area contributed by atoms with Gasteiger partial charge >= 0.3 is 0 Å².